The summed E-state index contributed by atoms with van der Waals surface area (Å²) in [6.07, 6.45) is 11.8. The van der Waals surface area contributed by atoms with E-state index in [0.717, 1.165) is 84.0 Å². The lowest BCUT2D eigenvalue weighted by Crippen LogP contribution is -2.51. The second-order valence-corrected chi connectivity index (χ2v) is 22.3. The third-order valence-corrected chi connectivity index (χ3v) is 13.0. The van der Waals surface area contributed by atoms with Gasteiger partial charge in [-0.15, -0.1) is 0 Å². The minimum Gasteiger partial charge on any atom is -0.444 e. The summed E-state index contributed by atoms with van der Waals surface area (Å²) in [6.45, 7) is 22.9. The highest BCUT2D eigenvalue weighted by Crippen LogP contribution is 2.33. The molecule has 6 atom stereocenters. The van der Waals surface area contributed by atoms with Crippen LogP contribution >= 0.6 is 15.9 Å². The molecule has 19 nitrogen and oxygen atoms in total. The molecule has 76 heavy (non-hydrogen) atoms. The third-order valence-electron chi connectivity index (χ3n) is 12.3. The second kappa shape index (κ2) is 27.0. The largest absolute Gasteiger partial charge is 0.444 e. The summed E-state index contributed by atoms with van der Waals surface area (Å²) in [5, 5.41) is 39.1. The molecule has 0 saturated carbocycles. The van der Waals surface area contributed by atoms with Crippen LogP contribution in [0.15, 0.2) is 78.4 Å². The van der Waals surface area contributed by atoms with Crippen LogP contribution in [-0.4, -0.2) is 111 Å². The number of amides is 2. The molecule has 3 fully saturated rings. The van der Waals surface area contributed by atoms with Gasteiger partial charge in [0.1, 0.15) is 48.4 Å². The van der Waals surface area contributed by atoms with Crippen molar-refractivity contribution in [2.75, 3.05) is 49.1 Å². The molecule has 6 aromatic rings. The van der Waals surface area contributed by atoms with Gasteiger partial charge in [-0.3, -0.25) is 0 Å². The highest BCUT2D eigenvalue weighted by Gasteiger charge is 2.30. The van der Waals surface area contributed by atoms with E-state index in [0.29, 0.717) is 57.5 Å². The number of nitrogens with one attached hydrogen (secondary N) is 3. The maximum absolute atomic E-state index is 12.2. The van der Waals surface area contributed by atoms with E-state index in [2.05, 4.69) is 111 Å². The van der Waals surface area contributed by atoms with Gasteiger partial charge in [0.2, 0.25) is 0 Å². The first kappa shape index (κ1) is 59.6. The van der Waals surface area contributed by atoms with E-state index in [4.69, 9.17) is 20.5 Å². The minimum atomic E-state index is -0.523. The maximum atomic E-state index is 12.2. The van der Waals surface area contributed by atoms with Crippen LogP contribution in [-0.2, 0) is 9.47 Å². The Labute approximate surface area is 455 Å². The first-order valence-corrected chi connectivity index (χ1v) is 25.9. The van der Waals surface area contributed by atoms with Crippen molar-refractivity contribution in [3.63, 3.8) is 0 Å². The Morgan fingerprint density at radius 3 is 1.50 bits per heavy atom. The van der Waals surface area contributed by atoms with Gasteiger partial charge in [-0.25, -0.2) is 39.5 Å². The van der Waals surface area contributed by atoms with Crippen molar-refractivity contribution in [2.45, 2.75) is 118 Å². The van der Waals surface area contributed by atoms with Crippen LogP contribution in [0.3, 0.4) is 0 Å². The van der Waals surface area contributed by atoms with Crippen molar-refractivity contribution >= 4 is 72.2 Å². The van der Waals surface area contributed by atoms with Crippen LogP contribution < -0.4 is 31.5 Å². The molecule has 0 spiro atoms. The fraction of sp³-hybridized carbons (Fsp3) is 0.482. The molecule has 20 heteroatoms. The topological polar surface area (TPSA) is 270 Å². The first-order valence-electron chi connectivity index (χ1n) is 25.1. The summed E-state index contributed by atoms with van der Waals surface area (Å²) in [4.78, 5) is 52.9. The van der Waals surface area contributed by atoms with Gasteiger partial charge in [0, 0.05) is 101 Å². The highest BCUT2D eigenvalue weighted by molar-refractivity contribution is 9.10. The number of benzene rings is 3. The van der Waals surface area contributed by atoms with Crippen LogP contribution in [0, 0.1) is 51.7 Å². The summed E-state index contributed by atoms with van der Waals surface area (Å²) in [7, 11) is 0. The van der Waals surface area contributed by atoms with Crippen LogP contribution in [0.4, 0.5) is 21.0 Å². The molecular formula is C56H72BrN15O4. The number of carbonyl (C=O) groups excluding carboxylic acids is 2. The molecule has 0 aliphatic carbocycles. The van der Waals surface area contributed by atoms with Crippen LogP contribution in [0.2, 0.25) is 0 Å². The Hall–Kier alpha value is -7.31. The predicted octanol–water partition coefficient (Wildman–Crippen LogP) is 9.33. The fourth-order valence-electron chi connectivity index (χ4n) is 9.46. The number of nitrogens with zero attached hydrogens (tertiary/aromatic N) is 11. The Morgan fingerprint density at radius 2 is 1.04 bits per heavy atom. The lowest BCUT2D eigenvalue weighted by Gasteiger charge is -2.38. The molecule has 2 amide bonds. The Balaban J connectivity index is 0.000000194. The zero-order chi connectivity index (χ0) is 54.5. The van der Waals surface area contributed by atoms with Gasteiger partial charge in [0.05, 0.1) is 33.2 Å². The van der Waals surface area contributed by atoms with Gasteiger partial charge >= 0.3 is 12.2 Å². The van der Waals surface area contributed by atoms with Crippen molar-refractivity contribution in [1.82, 2.24) is 45.9 Å². The molecule has 3 aliphatic rings. The Morgan fingerprint density at radius 1 is 0.618 bits per heavy atom. The number of alkyl carbamates (subject to hydrolysis) is 2. The van der Waals surface area contributed by atoms with Gasteiger partial charge in [-0.05, 0) is 122 Å². The van der Waals surface area contributed by atoms with Crippen molar-refractivity contribution in [1.29, 1.82) is 15.8 Å². The normalized spacial score (nSPS) is 20.2. The quantitative estimate of drug-likeness (QED) is 0.128. The molecule has 9 rings (SSSR count). The number of rotatable bonds is 4. The Kier molecular flexibility index (Phi) is 21.1. The lowest BCUT2D eigenvalue weighted by molar-refractivity contribution is 0.0481. The van der Waals surface area contributed by atoms with Gasteiger partial charge in [-0.2, -0.15) is 15.8 Å². The van der Waals surface area contributed by atoms with Gasteiger partial charge in [0.25, 0.3) is 0 Å². The van der Waals surface area contributed by atoms with E-state index in [-0.39, 0.29) is 31.6 Å². The van der Waals surface area contributed by atoms with Gasteiger partial charge in [-0.1, -0.05) is 44.1 Å². The molecule has 3 aromatic heterocycles. The maximum Gasteiger partial charge on any atom is 0.407 e. The predicted molar refractivity (Wildman–Crippen MR) is 300 cm³/mol. The number of nitriles is 3. The number of anilines is 2. The SMILES string of the molecule is C.C[C@@H]1CNC[C@H](NC(=O)OC(C)(C)C)C1.C[C@H]1C[C@@H](N)CN(c2ccc(C#N)c3ncncc23)C1.C[C@H]1C[C@@H](NC(=O)OC(C)(C)C)CN(c2ccc(C#N)c3ncncc23)C1.N#Cc1ccc(Br)c2cncnc12. The van der Waals surface area contributed by atoms with Crippen molar-refractivity contribution in [3.8, 4) is 18.2 Å². The van der Waals surface area contributed by atoms with E-state index in [1.54, 1.807) is 30.7 Å². The summed E-state index contributed by atoms with van der Waals surface area (Å²) in [5.41, 5.74) is 11.0. The Bertz CT molecular complexity index is 3060. The standard InChI is InChI=1S/C20H25N5O2.C15H17N5.C11H22N2O2.C9H4BrN3.CH4/c1-13-7-15(24-19(26)27-20(2,3)4)11-25(10-13)17-6-5-14(8-21)18-16(17)9-22-12-23-18;1-10-4-12(17)8-20(7-10)14-3-2-11(5-16)15-13(14)6-18-9-19-15;1-8-5-9(7-12-6-8)13-10(14)15-11(2,3)4;10-8-2-1-6(3-11)9-7(8)4-12-5-13-9;/h5-6,9,12-13,15H,7,10-11H2,1-4H3,(H,24,26);2-3,6,9-10,12H,4,7-8,17H2,1H3;8-9,12H,5-7H2,1-4H3,(H,13,14);1-2,4-5H;1H4/t13-,15+;10-,12+;8-,9+;;/m000../s1. The number of piperidine rings is 3. The number of halogens is 1. The molecule has 402 valence electrons. The number of fused-ring (bicyclic) bond motifs is 3. The molecule has 3 aromatic carbocycles. The molecule has 0 radical (unpaired) electrons. The number of nitrogens with two attached hydrogens (primary N) is 1. The molecule has 0 bridgehead atoms. The van der Waals surface area contributed by atoms with E-state index < -0.39 is 17.3 Å². The monoisotopic (exact) mass is 1100 g/mol. The fourth-order valence-corrected chi connectivity index (χ4v) is 9.88. The molecule has 3 saturated heterocycles. The van der Waals surface area contributed by atoms with Crippen LogP contribution in [0.5, 0.6) is 0 Å². The van der Waals surface area contributed by atoms with E-state index >= 15 is 0 Å². The van der Waals surface area contributed by atoms with E-state index in [1.807, 2.05) is 65.8 Å². The number of aromatic nitrogens is 6. The minimum absolute atomic E-state index is 0. The molecule has 3 aliphatic heterocycles. The summed E-state index contributed by atoms with van der Waals surface area (Å²) >= 11 is 3.37. The van der Waals surface area contributed by atoms with Crippen molar-refractivity contribution in [3.05, 3.63) is 95.1 Å². The summed E-state index contributed by atoms with van der Waals surface area (Å²) in [5.74, 6) is 1.57. The smallest absolute Gasteiger partial charge is 0.407 e. The van der Waals surface area contributed by atoms with Gasteiger partial charge < -0.3 is 41.0 Å². The van der Waals surface area contributed by atoms with E-state index in [1.165, 1.54) is 19.0 Å². The van der Waals surface area contributed by atoms with Crippen LogP contribution in [0.25, 0.3) is 32.7 Å². The van der Waals surface area contributed by atoms with Crippen LogP contribution in [0.1, 0.15) is 106 Å². The van der Waals surface area contributed by atoms with Gasteiger partial charge in [0.15, 0.2) is 0 Å². The zero-order valence-corrected chi connectivity index (χ0v) is 45.8. The zero-order valence-electron chi connectivity index (χ0n) is 44.3. The summed E-state index contributed by atoms with van der Waals surface area (Å²) < 4.78 is 11.5. The molecular weight excluding hydrogens is 1030 g/mol. The van der Waals surface area contributed by atoms with Crippen molar-refractivity contribution in [2.24, 2.45) is 23.5 Å². The lowest BCUT2D eigenvalue weighted by atomic mass is 9.95. The number of hydrogen-bond acceptors (Lipinski definition) is 17. The highest BCUT2D eigenvalue weighted by atomic mass is 79.9. The average Bonchev–Trinajstić information content (AvgIpc) is 3.35. The molecule has 0 unspecified atom stereocenters. The number of hydrogen-bond donors (Lipinski definition) is 4. The number of carbonyl (C=O) groups is 2. The summed E-state index contributed by atoms with van der Waals surface area (Å²) in [6, 6.07) is 17.9. The third kappa shape index (κ3) is 16.8. The molecule has 5 N–H and O–H groups in total. The average molecular weight is 1100 g/mol. The van der Waals surface area contributed by atoms with Crippen molar-refractivity contribution < 1.29 is 19.1 Å². The second-order valence-electron chi connectivity index (χ2n) is 21.5. The molecule has 6 heterocycles. The van der Waals surface area contributed by atoms with E-state index in [9.17, 15) is 20.1 Å². The number of ether oxygens (including phenoxy) is 2. The first-order chi connectivity index (χ1) is 35.6.